The van der Waals surface area contributed by atoms with Crippen molar-refractivity contribution in [1.29, 1.82) is 0 Å². The molecule has 3 aromatic rings. The first kappa shape index (κ1) is 10.1. The van der Waals surface area contributed by atoms with Crippen LogP contribution in [-0.4, -0.2) is 10.8 Å². The number of Topliss-reactive ketones (excluding diaryl/α,β-unsaturated/α-hetero) is 1. The number of carbonyl (C=O) groups excluding carboxylic acids is 1. The Morgan fingerprint density at radius 1 is 1.06 bits per heavy atom. The highest BCUT2D eigenvalue weighted by atomic mass is 16.1. The Morgan fingerprint density at radius 2 is 1.82 bits per heavy atom. The van der Waals surface area contributed by atoms with Gasteiger partial charge in [-0.1, -0.05) is 25.1 Å². The van der Waals surface area contributed by atoms with E-state index >= 15 is 0 Å². The van der Waals surface area contributed by atoms with Crippen molar-refractivity contribution in [1.82, 2.24) is 4.98 Å². The van der Waals surface area contributed by atoms with Gasteiger partial charge in [-0.15, -0.1) is 0 Å². The molecule has 0 fully saturated rings. The molecule has 0 saturated heterocycles. The Labute approximate surface area is 99.3 Å². The normalized spacial score (nSPS) is 11.1. The number of hydrogen-bond acceptors (Lipinski definition) is 1. The van der Waals surface area contributed by atoms with Crippen molar-refractivity contribution in [2.24, 2.45) is 0 Å². The van der Waals surface area contributed by atoms with E-state index in [1.54, 1.807) is 0 Å². The second kappa shape index (κ2) is 3.74. The number of benzene rings is 2. The third kappa shape index (κ3) is 1.53. The van der Waals surface area contributed by atoms with Gasteiger partial charge in [0.25, 0.3) is 0 Å². The quantitative estimate of drug-likeness (QED) is 0.656. The SMILES string of the molecule is CCC(=O)c1ccc2[nH]c3ccccc3c2c1. The van der Waals surface area contributed by atoms with Crippen LogP contribution in [0.1, 0.15) is 23.7 Å². The maximum absolute atomic E-state index is 11.7. The molecule has 2 aromatic carbocycles. The van der Waals surface area contributed by atoms with E-state index in [-0.39, 0.29) is 5.78 Å². The first-order valence-corrected chi connectivity index (χ1v) is 5.83. The highest BCUT2D eigenvalue weighted by Gasteiger charge is 2.07. The summed E-state index contributed by atoms with van der Waals surface area (Å²) >= 11 is 0. The van der Waals surface area contributed by atoms with Crippen LogP contribution < -0.4 is 0 Å². The molecular weight excluding hydrogens is 210 g/mol. The minimum Gasteiger partial charge on any atom is -0.355 e. The van der Waals surface area contributed by atoms with Gasteiger partial charge in [0.2, 0.25) is 0 Å². The molecule has 3 rings (SSSR count). The number of aromatic amines is 1. The van der Waals surface area contributed by atoms with E-state index in [1.165, 1.54) is 5.39 Å². The first-order valence-electron chi connectivity index (χ1n) is 5.83. The molecule has 0 saturated carbocycles. The lowest BCUT2D eigenvalue weighted by Crippen LogP contribution is -1.95. The molecule has 0 aliphatic carbocycles. The van der Waals surface area contributed by atoms with Crippen LogP contribution in [0.2, 0.25) is 0 Å². The monoisotopic (exact) mass is 223 g/mol. The van der Waals surface area contributed by atoms with Crippen LogP contribution >= 0.6 is 0 Å². The lowest BCUT2D eigenvalue weighted by atomic mass is 10.1. The zero-order chi connectivity index (χ0) is 11.8. The average molecular weight is 223 g/mol. The molecule has 84 valence electrons. The number of nitrogens with one attached hydrogen (secondary N) is 1. The van der Waals surface area contributed by atoms with Crippen LogP contribution in [0, 0.1) is 0 Å². The van der Waals surface area contributed by atoms with Gasteiger partial charge in [0, 0.05) is 33.8 Å². The van der Waals surface area contributed by atoms with Gasteiger partial charge >= 0.3 is 0 Å². The summed E-state index contributed by atoms with van der Waals surface area (Å²) in [7, 11) is 0. The predicted octanol–water partition coefficient (Wildman–Crippen LogP) is 3.91. The van der Waals surface area contributed by atoms with E-state index < -0.39 is 0 Å². The number of carbonyl (C=O) groups is 1. The van der Waals surface area contributed by atoms with Gasteiger partial charge in [-0.25, -0.2) is 0 Å². The number of rotatable bonds is 2. The van der Waals surface area contributed by atoms with Crippen molar-refractivity contribution in [3.63, 3.8) is 0 Å². The smallest absolute Gasteiger partial charge is 0.162 e. The van der Waals surface area contributed by atoms with Crippen LogP contribution in [0.5, 0.6) is 0 Å². The highest BCUT2D eigenvalue weighted by Crippen LogP contribution is 2.26. The Bertz CT molecular complexity index is 709. The van der Waals surface area contributed by atoms with Crippen molar-refractivity contribution in [2.45, 2.75) is 13.3 Å². The Kier molecular flexibility index (Phi) is 2.22. The van der Waals surface area contributed by atoms with E-state index in [2.05, 4.69) is 17.1 Å². The molecule has 1 N–H and O–H groups in total. The predicted molar refractivity (Wildman–Crippen MR) is 70.4 cm³/mol. The van der Waals surface area contributed by atoms with Gasteiger partial charge in [-0.3, -0.25) is 4.79 Å². The molecule has 0 aliphatic rings. The summed E-state index contributed by atoms with van der Waals surface area (Å²) in [4.78, 5) is 15.1. The first-order chi connectivity index (χ1) is 8.29. The third-order valence-electron chi connectivity index (χ3n) is 3.15. The number of ketones is 1. The molecule has 0 spiro atoms. The van der Waals surface area contributed by atoms with Crippen LogP contribution in [0.3, 0.4) is 0 Å². The van der Waals surface area contributed by atoms with Gasteiger partial charge in [-0.2, -0.15) is 0 Å². The maximum atomic E-state index is 11.7. The lowest BCUT2D eigenvalue weighted by Gasteiger charge is -1.98. The Morgan fingerprint density at radius 3 is 2.65 bits per heavy atom. The Hall–Kier alpha value is -2.09. The maximum Gasteiger partial charge on any atom is 0.162 e. The fourth-order valence-electron chi connectivity index (χ4n) is 2.23. The molecule has 0 amide bonds. The van der Waals surface area contributed by atoms with Crippen molar-refractivity contribution in [2.75, 3.05) is 0 Å². The summed E-state index contributed by atoms with van der Waals surface area (Å²) in [5.74, 6) is 0.192. The van der Waals surface area contributed by atoms with E-state index in [4.69, 9.17) is 0 Å². The standard InChI is InChI=1S/C15H13NO/c1-2-15(17)10-7-8-14-12(9-10)11-5-3-4-6-13(11)16-14/h3-9,16H,2H2,1H3. The molecule has 1 aromatic heterocycles. The molecule has 0 atom stereocenters. The van der Waals surface area contributed by atoms with Gasteiger partial charge in [-0.05, 0) is 24.3 Å². The van der Waals surface area contributed by atoms with Gasteiger partial charge < -0.3 is 4.98 Å². The molecule has 1 heterocycles. The van der Waals surface area contributed by atoms with E-state index in [0.29, 0.717) is 6.42 Å². The van der Waals surface area contributed by atoms with Gasteiger partial charge in [0.1, 0.15) is 0 Å². The van der Waals surface area contributed by atoms with E-state index in [1.807, 2.05) is 37.3 Å². The zero-order valence-electron chi connectivity index (χ0n) is 9.66. The van der Waals surface area contributed by atoms with E-state index in [0.717, 1.165) is 22.0 Å². The topological polar surface area (TPSA) is 32.9 Å². The van der Waals surface area contributed by atoms with E-state index in [9.17, 15) is 4.79 Å². The van der Waals surface area contributed by atoms with Gasteiger partial charge in [0.05, 0.1) is 0 Å². The highest BCUT2D eigenvalue weighted by molar-refractivity contribution is 6.10. The second-order valence-electron chi connectivity index (χ2n) is 4.21. The molecule has 0 bridgehead atoms. The van der Waals surface area contributed by atoms with Crippen molar-refractivity contribution < 1.29 is 4.79 Å². The number of aromatic nitrogens is 1. The number of hydrogen-bond donors (Lipinski definition) is 1. The Balaban J connectivity index is 2.33. The molecule has 0 radical (unpaired) electrons. The number of fused-ring (bicyclic) bond motifs is 3. The van der Waals surface area contributed by atoms with Crippen LogP contribution in [0.4, 0.5) is 0 Å². The molecule has 0 aliphatic heterocycles. The molecule has 0 unspecified atom stereocenters. The largest absolute Gasteiger partial charge is 0.355 e. The molecule has 2 heteroatoms. The summed E-state index contributed by atoms with van der Waals surface area (Å²) in [5, 5.41) is 2.30. The molecule has 17 heavy (non-hydrogen) atoms. The zero-order valence-corrected chi connectivity index (χ0v) is 9.66. The minimum atomic E-state index is 0.192. The number of para-hydroxylation sites is 1. The third-order valence-corrected chi connectivity index (χ3v) is 3.15. The molecule has 2 nitrogen and oxygen atoms in total. The lowest BCUT2D eigenvalue weighted by molar-refractivity contribution is 0.0988. The summed E-state index contributed by atoms with van der Waals surface area (Å²) < 4.78 is 0. The van der Waals surface area contributed by atoms with Crippen molar-refractivity contribution >= 4 is 27.6 Å². The fraction of sp³-hybridized carbons (Fsp3) is 0.133. The van der Waals surface area contributed by atoms with Crippen LogP contribution in [-0.2, 0) is 0 Å². The molecular formula is C15H13NO. The van der Waals surface area contributed by atoms with Crippen molar-refractivity contribution in [3.8, 4) is 0 Å². The fourth-order valence-corrected chi connectivity index (χ4v) is 2.23. The van der Waals surface area contributed by atoms with Crippen LogP contribution in [0.25, 0.3) is 21.8 Å². The second-order valence-corrected chi connectivity index (χ2v) is 4.21. The number of H-pyrrole nitrogens is 1. The summed E-state index contributed by atoms with van der Waals surface area (Å²) in [6, 6.07) is 14.0. The van der Waals surface area contributed by atoms with Crippen LogP contribution in [0.15, 0.2) is 42.5 Å². The summed E-state index contributed by atoms with van der Waals surface area (Å²) in [6.07, 6.45) is 0.549. The van der Waals surface area contributed by atoms with Crippen molar-refractivity contribution in [3.05, 3.63) is 48.0 Å². The summed E-state index contributed by atoms with van der Waals surface area (Å²) in [6.45, 7) is 1.89. The summed E-state index contributed by atoms with van der Waals surface area (Å²) in [5.41, 5.74) is 2.99. The van der Waals surface area contributed by atoms with Gasteiger partial charge in [0.15, 0.2) is 5.78 Å². The average Bonchev–Trinajstić information content (AvgIpc) is 2.75. The minimum absolute atomic E-state index is 0.192.